The van der Waals surface area contributed by atoms with Crippen molar-refractivity contribution in [1.82, 2.24) is 5.32 Å². The van der Waals surface area contributed by atoms with E-state index in [0.717, 1.165) is 22.4 Å². The predicted octanol–water partition coefficient (Wildman–Crippen LogP) is 5.03. The highest BCUT2D eigenvalue weighted by molar-refractivity contribution is 9.10. The first-order valence-electron chi connectivity index (χ1n) is 7.06. The zero-order chi connectivity index (χ0) is 15.4. The van der Waals surface area contributed by atoms with Crippen LogP contribution in [0.3, 0.4) is 0 Å². The van der Waals surface area contributed by atoms with E-state index in [4.69, 9.17) is 0 Å². The van der Waals surface area contributed by atoms with Gasteiger partial charge in [0.15, 0.2) is 0 Å². The van der Waals surface area contributed by atoms with E-state index in [1.54, 1.807) is 0 Å². The minimum atomic E-state index is -0.215. The Morgan fingerprint density at radius 3 is 2.43 bits per heavy atom. The molecular weight excluding hydrogens is 331 g/mol. The van der Waals surface area contributed by atoms with Gasteiger partial charge >= 0.3 is 0 Å². The molecule has 0 heterocycles. The lowest BCUT2D eigenvalue weighted by Crippen LogP contribution is -2.21. The Kier molecular flexibility index (Phi) is 5.37. The highest BCUT2D eigenvalue weighted by Gasteiger charge is 2.16. The van der Waals surface area contributed by atoms with Gasteiger partial charge in [-0.1, -0.05) is 22.0 Å². The van der Waals surface area contributed by atoms with E-state index >= 15 is 0 Å². The molecule has 0 radical (unpaired) electrons. The Labute approximate surface area is 134 Å². The average molecular weight is 351 g/mol. The molecule has 4 heteroatoms. The monoisotopic (exact) mass is 350 g/mol. The summed E-state index contributed by atoms with van der Waals surface area (Å²) in [6, 6.07) is 13.1. The van der Waals surface area contributed by atoms with E-state index in [1.165, 1.54) is 17.7 Å². The van der Waals surface area contributed by atoms with Crippen LogP contribution < -0.4 is 10.2 Å². The van der Waals surface area contributed by atoms with Gasteiger partial charge in [-0.15, -0.1) is 0 Å². The fraction of sp³-hybridized carbons (Fsp3) is 0.294. The third-order valence-electron chi connectivity index (χ3n) is 3.64. The summed E-state index contributed by atoms with van der Waals surface area (Å²) in [5.74, 6) is -0.215. The third-order valence-corrected chi connectivity index (χ3v) is 4.13. The van der Waals surface area contributed by atoms with Crippen LogP contribution in [-0.2, 0) is 0 Å². The van der Waals surface area contributed by atoms with E-state index in [9.17, 15) is 4.39 Å². The molecule has 0 bridgehead atoms. The van der Waals surface area contributed by atoms with Gasteiger partial charge in [0, 0.05) is 28.4 Å². The van der Waals surface area contributed by atoms with Gasteiger partial charge in [0.2, 0.25) is 0 Å². The molecule has 2 nitrogen and oxygen atoms in total. The Hall–Kier alpha value is -1.39. The van der Waals surface area contributed by atoms with Crippen molar-refractivity contribution in [3.05, 3.63) is 58.3 Å². The number of benzene rings is 2. The summed E-state index contributed by atoms with van der Waals surface area (Å²) in [5.41, 5.74) is 3.33. The molecule has 0 saturated carbocycles. The lowest BCUT2D eigenvalue weighted by molar-refractivity contribution is 0.627. The molecule has 0 aliphatic carbocycles. The molecule has 2 aromatic rings. The maximum atomic E-state index is 13.1. The van der Waals surface area contributed by atoms with Crippen LogP contribution in [0.4, 0.5) is 15.8 Å². The first kappa shape index (κ1) is 16.0. The summed E-state index contributed by atoms with van der Waals surface area (Å²) in [6.07, 6.45) is 0. The largest absolute Gasteiger partial charge is 0.341 e. The average Bonchev–Trinajstić information content (AvgIpc) is 2.49. The quantitative estimate of drug-likeness (QED) is 0.813. The Balaban J connectivity index is 2.50. The van der Waals surface area contributed by atoms with Gasteiger partial charge in [-0.2, -0.15) is 0 Å². The van der Waals surface area contributed by atoms with Crippen molar-refractivity contribution in [3.63, 3.8) is 0 Å². The van der Waals surface area contributed by atoms with E-state index < -0.39 is 0 Å². The van der Waals surface area contributed by atoms with Crippen LogP contribution >= 0.6 is 15.9 Å². The molecule has 1 unspecified atom stereocenters. The molecule has 0 aromatic heterocycles. The number of rotatable bonds is 5. The zero-order valence-electron chi connectivity index (χ0n) is 12.5. The normalized spacial score (nSPS) is 12.2. The van der Waals surface area contributed by atoms with Crippen molar-refractivity contribution < 1.29 is 4.39 Å². The van der Waals surface area contributed by atoms with Crippen molar-refractivity contribution >= 4 is 27.3 Å². The predicted molar refractivity (Wildman–Crippen MR) is 90.7 cm³/mol. The van der Waals surface area contributed by atoms with E-state index in [1.807, 2.05) is 25.2 Å². The third kappa shape index (κ3) is 3.63. The van der Waals surface area contributed by atoms with E-state index in [-0.39, 0.29) is 11.9 Å². The van der Waals surface area contributed by atoms with Gasteiger partial charge in [-0.05, 0) is 62.9 Å². The maximum absolute atomic E-state index is 13.1. The standard InChI is InChI=1S/C17H20BrFN2/c1-4-21(15-8-6-14(19)7-9-15)17-11-13(18)5-10-16(17)12(2)20-3/h5-12,20H,4H2,1-3H3. The highest BCUT2D eigenvalue weighted by atomic mass is 79.9. The van der Waals surface area contributed by atoms with Crippen molar-refractivity contribution in [3.8, 4) is 0 Å². The smallest absolute Gasteiger partial charge is 0.123 e. The molecule has 0 amide bonds. The van der Waals surface area contributed by atoms with Crippen LogP contribution in [0.1, 0.15) is 25.5 Å². The van der Waals surface area contributed by atoms with E-state index in [0.29, 0.717) is 0 Å². The fourth-order valence-corrected chi connectivity index (χ4v) is 2.73. The van der Waals surface area contributed by atoms with Crippen LogP contribution in [0.2, 0.25) is 0 Å². The Morgan fingerprint density at radius 1 is 1.19 bits per heavy atom. The van der Waals surface area contributed by atoms with Gasteiger partial charge in [0.25, 0.3) is 0 Å². The Bertz CT molecular complexity index is 598. The molecule has 2 aromatic carbocycles. The summed E-state index contributed by atoms with van der Waals surface area (Å²) >= 11 is 3.54. The number of halogens is 2. The molecule has 0 saturated heterocycles. The molecule has 112 valence electrons. The minimum absolute atomic E-state index is 0.215. The SMILES string of the molecule is CCN(c1ccc(F)cc1)c1cc(Br)ccc1C(C)NC. The van der Waals surface area contributed by atoms with Gasteiger partial charge < -0.3 is 10.2 Å². The number of hydrogen-bond donors (Lipinski definition) is 1. The van der Waals surface area contributed by atoms with Crippen molar-refractivity contribution in [2.75, 3.05) is 18.5 Å². The van der Waals surface area contributed by atoms with Crippen LogP contribution in [0.25, 0.3) is 0 Å². The second kappa shape index (κ2) is 7.05. The summed E-state index contributed by atoms with van der Waals surface area (Å²) in [7, 11) is 1.95. The van der Waals surface area contributed by atoms with Crippen molar-refractivity contribution in [2.24, 2.45) is 0 Å². The molecule has 0 aliphatic heterocycles. The first-order chi connectivity index (χ1) is 10.1. The summed E-state index contributed by atoms with van der Waals surface area (Å²) in [5, 5.41) is 3.28. The van der Waals surface area contributed by atoms with Gasteiger partial charge in [-0.3, -0.25) is 0 Å². The first-order valence-corrected chi connectivity index (χ1v) is 7.86. The topological polar surface area (TPSA) is 15.3 Å². The van der Waals surface area contributed by atoms with Gasteiger partial charge in [-0.25, -0.2) is 4.39 Å². The lowest BCUT2D eigenvalue weighted by atomic mass is 10.0. The molecule has 0 aliphatic rings. The number of nitrogens with zero attached hydrogens (tertiary/aromatic N) is 1. The molecular formula is C17H20BrFN2. The van der Waals surface area contributed by atoms with Crippen LogP contribution in [0.5, 0.6) is 0 Å². The zero-order valence-corrected chi connectivity index (χ0v) is 14.1. The summed E-state index contributed by atoms with van der Waals surface area (Å²) < 4.78 is 14.2. The second-order valence-corrected chi connectivity index (χ2v) is 5.85. The highest BCUT2D eigenvalue weighted by Crippen LogP contribution is 2.34. The molecule has 2 rings (SSSR count). The van der Waals surface area contributed by atoms with Gasteiger partial charge in [0.1, 0.15) is 5.82 Å². The lowest BCUT2D eigenvalue weighted by Gasteiger charge is -2.28. The number of anilines is 2. The number of hydrogen-bond acceptors (Lipinski definition) is 2. The van der Waals surface area contributed by atoms with Crippen molar-refractivity contribution in [1.29, 1.82) is 0 Å². The molecule has 21 heavy (non-hydrogen) atoms. The summed E-state index contributed by atoms with van der Waals surface area (Å²) in [6.45, 7) is 5.04. The maximum Gasteiger partial charge on any atom is 0.123 e. The molecule has 1 atom stereocenters. The second-order valence-electron chi connectivity index (χ2n) is 4.93. The van der Waals surface area contributed by atoms with Gasteiger partial charge in [0.05, 0.1) is 0 Å². The van der Waals surface area contributed by atoms with Crippen LogP contribution in [-0.4, -0.2) is 13.6 Å². The molecule has 0 spiro atoms. The molecule has 0 fully saturated rings. The fourth-order valence-electron chi connectivity index (χ4n) is 2.39. The van der Waals surface area contributed by atoms with Crippen molar-refractivity contribution in [2.45, 2.75) is 19.9 Å². The van der Waals surface area contributed by atoms with E-state index in [2.05, 4.69) is 52.1 Å². The summed E-state index contributed by atoms with van der Waals surface area (Å²) in [4.78, 5) is 2.19. The molecule has 1 N–H and O–H groups in total. The Morgan fingerprint density at radius 2 is 1.86 bits per heavy atom. The van der Waals surface area contributed by atoms with Crippen LogP contribution in [0, 0.1) is 5.82 Å². The minimum Gasteiger partial charge on any atom is -0.341 e. The van der Waals surface area contributed by atoms with Crippen LogP contribution in [0.15, 0.2) is 46.9 Å². The number of nitrogens with one attached hydrogen (secondary N) is 1.